The van der Waals surface area contributed by atoms with Gasteiger partial charge in [-0.2, -0.15) is 5.10 Å². The van der Waals surface area contributed by atoms with Gasteiger partial charge in [-0.05, 0) is 22.6 Å². The minimum atomic E-state index is 0.357. The molecule has 0 aliphatic rings. The van der Waals surface area contributed by atoms with E-state index < -0.39 is 0 Å². The minimum Gasteiger partial charge on any atom is -0.383 e. The van der Waals surface area contributed by atoms with Gasteiger partial charge in [-0.1, -0.05) is 0 Å². The van der Waals surface area contributed by atoms with Crippen LogP contribution in [0.25, 0.3) is 11.0 Å². The first-order chi connectivity index (χ1) is 6.74. The largest absolute Gasteiger partial charge is 0.383 e. The summed E-state index contributed by atoms with van der Waals surface area (Å²) in [6.45, 7) is 0.357. The molecule has 2 heterocycles. The van der Waals surface area contributed by atoms with Crippen molar-refractivity contribution in [2.24, 2.45) is 0 Å². The molecule has 0 radical (unpaired) electrons. The Kier molecular flexibility index (Phi) is 2.50. The average molecular weight is 305 g/mol. The first-order valence-electron chi connectivity index (χ1n) is 3.85. The monoisotopic (exact) mass is 305 g/mol. The van der Waals surface area contributed by atoms with E-state index in [0.29, 0.717) is 18.2 Å². The van der Waals surface area contributed by atoms with Crippen LogP contribution in [0.4, 0.5) is 5.82 Å². The van der Waals surface area contributed by atoms with Gasteiger partial charge < -0.3 is 10.5 Å². The molecule has 0 bridgehead atoms. The second kappa shape index (κ2) is 3.65. The molecule has 0 saturated carbocycles. The molecule has 74 valence electrons. The summed E-state index contributed by atoms with van der Waals surface area (Å²) in [4.78, 5) is 8.02. The quantitative estimate of drug-likeness (QED) is 0.823. The second-order valence-electron chi connectivity index (χ2n) is 2.67. The number of nitrogens with two attached hydrogens (primary N) is 1. The Hall–Kier alpha value is -0.960. The van der Waals surface area contributed by atoms with Gasteiger partial charge >= 0.3 is 0 Å². The number of hydrogen-bond donors (Lipinski definition) is 1. The highest BCUT2D eigenvalue weighted by atomic mass is 127. The standard InChI is InChI=1S/C7H8IN5O/c1-14-3-13-7-4(5(8)12-13)6(9)10-2-11-7/h2H,3H2,1H3,(H2,9,10,11). The Labute approximate surface area is 93.6 Å². The number of rotatable bonds is 2. The van der Waals surface area contributed by atoms with E-state index in [0.717, 1.165) is 9.09 Å². The maximum Gasteiger partial charge on any atom is 0.166 e. The fourth-order valence-corrected chi connectivity index (χ4v) is 1.98. The molecule has 6 nitrogen and oxygen atoms in total. The molecule has 14 heavy (non-hydrogen) atoms. The summed E-state index contributed by atoms with van der Waals surface area (Å²) >= 11 is 2.10. The fraction of sp³-hybridized carbons (Fsp3) is 0.286. The molecule has 0 unspecified atom stereocenters. The molecule has 0 aliphatic heterocycles. The first kappa shape index (κ1) is 9.59. The predicted octanol–water partition coefficient (Wildman–Crippen LogP) is 0.617. The van der Waals surface area contributed by atoms with Gasteiger partial charge in [-0.3, -0.25) is 0 Å². The van der Waals surface area contributed by atoms with Gasteiger partial charge in [0, 0.05) is 7.11 Å². The number of fused-ring (bicyclic) bond motifs is 1. The van der Waals surface area contributed by atoms with Crippen LogP contribution in [0.15, 0.2) is 6.33 Å². The first-order valence-corrected chi connectivity index (χ1v) is 4.93. The van der Waals surface area contributed by atoms with Gasteiger partial charge in [-0.25, -0.2) is 14.6 Å². The zero-order valence-electron chi connectivity index (χ0n) is 7.44. The predicted molar refractivity (Wildman–Crippen MR) is 59.5 cm³/mol. The third-order valence-electron chi connectivity index (χ3n) is 1.77. The molecule has 2 aromatic rings. The molecule has 0 amide bonds. The Bertz CT molecular complexity index is 468. The normalized spacial score (nSPS) is 11.0. The number of hydrogen-bond acceptors (Lipinski definition) is 5. The Morgan fingerprint density at radius 2 is 2.36 bits per heavy atom. The number of nitrogen functional groups attached to an aromatic ring is 1. The van der Waals surface area contributed by atoms with E-state index >= 15 is 0 Å². The highest BCUT2D eigenvalue weighted by molar-refractivity contribution is 14.1. The molecule has 7 heteroatoms. The summed E-state index contributed by atoms with van der Waals surface area (Å²) in [5, 5.41) is 5.02. The lowest BCUT2D eigenvalue weighted by atomic mass is 10.4. The van der Waals surface area contributed by atoms with E-state index in [2.05, 4.69) is 37.7 Å². The highest BCUT2D eigenvalue weighted by Gasteiger charge is 2.12. The van der Waals surface area contributed by atoms with E-state index in [1.54, 1.807) is 11.8 Å². The number of ether oxygens (including phenoxy) is 1. The molecule has 2 rings (SSSR count). The maximum absolute atomic E-state index is 5.72. The number of anilines is 1. The Balaban J connectivity index is 2.71. The summed E-state index contributed by atoms with van der Waals surface area (Å²) in [5.41, 5.74) is 6.41. The lowest BCUT2D eigenvalue weighted by Gasteiger charge is -1.99. The van der Waals surface area contributed by atoms with Gasteiger partial charge in [0.1, 0.15) is 22.6 Å². The van der Waals surface area contributed by atoms with Crippen molar-refractivity contribution in [3.05, 3.63) is 10.0 Å². The summed E-state index contributed by atoms with van der Waals surface area (Å²) in [5.74, 6) is 0.446. The van der Waals surface area contributed by atoms with Crippen LogP contribution in [-0.4, -0.2) is 26.9 Å². The zero-order chi connectivity index (χ0) is 10.1. The smallest absolute Gasteiger partial charge is 0.166 e. The van der Waals surface area contributed by atoms with Gasteiger partial charge in [0.05, 0.1) is 5.39 Å². The maximum atomic E-state index is 5.72. The van der Waals surface area contributed by atoms with Crippen LogP contribution in [0.2, 0.25) is 0 Å². The van der Waals surface area contributed by atoms with E-state index in [-0.39, 0.29) is 0 Å². The lowest BCUT2D eigenvalue weighted by molar-refractivity contribution is 0.123. The summed E-state index contributed by atoms with van der Waals surface area (Å²) in [6.07, 6.45) is 1.42. The van der Waals surface area contributed by atoms with Crippen LogP contribution < -0.4 is 5.73 Å². The number of methoxy groups -OCH3 is 1. The van der Waals surface area contributed by atoms with Crippen LogP contribution in [-0.2, 0) is 11.5 Å². The van der Waals surface area contributed by atoms with E-state index in [1.165, 1.54) is 6.33 Å². The van der Waals surface area contributed by atoms with Gasteiger partial charge in [0.25, 0.3) is 0 Å². The van der Waals surface area contributed by atoms with Crippen molar-refractivity contribution in [1.29, 1.82) is 0 Å². The summed E-state index contributed by atoms with van der Waals surface area (Å²) in [6, 6.07) is 0. The van der Waals surface area contributed by atoms with E-state index in [9.17, 15) is 0 Å². The molecular weight excluding hydrogens is 297 g/mol. The van der Waals surface area contributed by atoms with Gasteiger partial charge in [0.2, 0.25) is 0 Å². The molecule has 0 fully saturated rings. The van der Waals surface area contributed by atoms with Crippen LogP contribution in [0.3, 0.4) is 0 Å². The molecule has 0 saturated heterocycles. The molecule has 0 atom stereocenters. The van der Waals surface area contributed by atoms with Crippen molar-refractivity contribution in [3.63, 3.8) is 0 Å². The number of halogens is 1. The highest BCUT2D eigenvalue weighted by Crippen LogP contribution is 2.22. The van der Waals surface area contributed by atoms with Crippen molar-refractivity contribution in [2.45, 2.75) is 6.73 Å². The topological polar surface area (TPSA) is 78.9 Å². The summed E-state index contributed by atoms with van der Waals surface area (Å²) < 4.78 is 7.42. The number of aromatic nitrogens is 4. The third kappa shape index (κ3) is 1.42. The van der Waals surface area contributed by atoms with E-state index in [1.807, 2.05) is 0 Å². The minimum absolute atomic E-state index is 0.357. The average Bonchev–Trinajstić information content (AvgIpc) is 2.46. The van der Waals surface area contributed by atoms with Crippen molar-refractivity contribution in [3.8, 4) is 0 Å². The van der Waals surface area contributed by atoms with Crippen molar-refractivity contribution >= 4 is 39.4 Å². The lowest BCUT2D eigenvalue weighted by Crippen LogP contribution is -2.03. The van der Waals surface area contributed by atoms with Crippen molar-refractivity contribution in [2.75, 3.05) is 12.8 Å². The van der Waals surface area contributed by atoms with Crippen LogP contribution >= 0.6 is 22.6 Å². The van der Waals surface area contributed by atoms with Crippen LogP contribution in [0, 0.1) is 3.70 Å². The molecule has 2 aromatic heterocycles. The molecule has 0 aromatic carbocycles. The molecule has 2 N–H and O–H groups in total. The van der Waals surface area contributed by atoms with Crippen molar-refractivity contribution in [1.82, 2.24) is 19.7 Å². The van der Waals surface area contributed by atoms with Crippen LogP contribution in [0.5, 0.6) is 0 Å². The van der Waals surface area contributed by atoms with Crippen molar-refractivity contribution < 1.29 is 4.74 Å². The zero-order valence-corrected chi connectivity index (χ0v) is 9.59. The number of nitrogens with zero attached hydrogens (tertiary/aromatic N) is 4. The van der Waals surface area contributed by atoms with Gasteiger partial charge in [-0.15, -0.1) is 0 Å². The Morgan fingerprint density at radius 3 is 3.07 bits per heavy atom. The second-order valence-corrected chi connectivity index (χ2v) is 3.69. The van der Waals surface area contributed by atoms with Crippen LogP contribution in [0.1, 0.15) is 0 Å². The Morgan fingerprint density at radius 1 is 1.57 bits per heavy atom. The fourth-order valence-electron chi connectivity index (χ4n) is 1.20. The molecule has 0 spiro atoms. The third-order valence-corrected chi connectivity index (χ3v) is 2.52. The summed E-state index contributed by atoms with van der Waals surface area (Å²) in [7, 11) is 1.60. The van der Waals surface area contributed by atoms with E-state index in [4.69, 9.17) is 10.5 Å². The molecular formula is C7H8IN5O. The molecule has 0 aliphatic carbocycles. The van der Waals surface area contributed by atoms with Gasteiger partial charge in [0.15, 0.2) is 5.65 Å². The SMILES string of the molecule is COCn1nc(I)c2c(N)ncnc21.